The van der Waals surface area contributed by atoms with Crippen LogP contribution in [0.4, 0.5) is 4.39 Å². The summed E-state index contributed by atoms with van der Waals surface area (Å²) in [6.45, 7) is 5.18. The lowest BCUT2D eigenvalue weighted by Gasteiger charge is -2.17. The van der Waals surface area contributed by atoms with E-state index < -0.39 is 0 Å². The molecule has 1 aliphatic heterocycles. The van der Waals surface area contributed by atoms with Gasteiger partial charge in [0.1, 0.15) is 5.82 Å². The summed E-state index contributed by atoms with van der Waals surface area (Å²) in [5, 5.41) is 0. The molecule has 1 fully saturated rings. The fraction of sp³-hybridized carbons (Fsp3) is 0.368. The Morgan fingerprint density at radius 3 is 2.87 bits per heavy atom. The van der Waals surface area contributed by atoms with E-state index in [0.29, 0.717) is 17.0 Å². The molecule has 1 amide bonds. The Bertz CT molecular complexity index is 729. The molecule has 3 rings (SSSR count). The van der Waals surface area contributed by atoms with Gasteiger partial charge in [0.25, 0.3) is 5.91 Å². The fourth-order valence-electron chi connectivity index (χ4n) is 3.14. The number of likely N-dealkylation sites (tertiary alicyclic amines) is 1. The Balaban J connectivity index is 1.65. The second-order valence-electron chi connectivity index (χ2n) is 6.38. The maximum Gasteiger partial charge on any atom is 0.255 e. The zero-order chi connectivity index (χ0) is 16.4. The minimum absolute atomic E-state index is 0.0492. The van der Waals surface area contributed by atoms with Crippen LogP contribution in [0.1, 0.15) is 33.5 Å². The molecule has 0 aliphatic carbocycles. The van der Waals surface area contributed by atoms with Gasteiger partial charge in [0.05, 0.1) is 5.56 Å². The summed E-state index contributed by atoms with van der Waals surface area (Å²) in [7, 11) is 0. The highest BCUT2D eigenvalue weighted by atomic mass is 19.1. The fourth-order valence-corrected chi connectivity index (χ4v) is 3.14. The first-order chi connectivity index (χ1) is 11.0. The zero-order valence-electron chi connectivity index (χ0n) is 13.6. The van der Waals surface area contributed by atoms with Crippen molar-refractivity contribution in [3.8, 4) is 0 Å². The molecule has 23 heavy (non-hydrogen) atoms. The van der Waals surface area contributed by atoms with E-state index in [1.807, 2.05) is 30.0 Å². The Kier molecular flexibility index (Phi) is 4.42. The molecule has 4 heteroatoms. The first kappa shape index (κ1) is 15.7. The second-order valence-corrected chi connectivity index (χ2v) is 6.38. The Hall–Kier alpha value is -2.23. The highest BCUT2D eigenvalue weighted by molar-refractivity contribution is 5.95. The number of nitrogens with zero attached hydrogens (tertiary/aromatic N) is 2. The predicted octanol–water partition coefficient (Wildman–Crippen LogP) is 3.54. The van der Waals surface area contributed by atoms with Gasteiger partial charge in [0.15, 0.2) is 0 Å². The van der Waals surface area contributed by atoms with E-state index in [2.05, 4.69) is 4.98 Å². The molecule has 1 aromatic carbocycles. The predicted molar refractivity (Wildman–Crippen MR) is 87.8 cm³/mol. The van der Waals surface area contributed by atoms with Crippen molar-refractivity contribution >= 4 is 5.91 Å². The molecule has 120 valence electrons. The van der Waals surface area contributed by atoms with Crippen LogP contribution in [0.5, 0.6) is 0 Å². The van der Waals surface area contributed by atoms with E-state index in [1.54, 1.807) is 25.4 Å². The molecule has 1 unspecified atom stereocenters. The van der Waals surface area contributed by atoms with Crippen molar-refractivity contribution in [3.63, 3.8) is 0 Å². The number of hydrogen-bond acceptors (Lipinski definition) is 2. The van der Waals surface area contributed by atoms with Crippen molar-refractivity contribution in [1.29, 1.82) is 0 Å². The third-order valence-electron chi connectivity index (χ3n) is 4.60. The van der Waals surface area contributed by atoms with Gasteiger partial charge >= 0.3 is 0 Å². The molecular weight excluding hydrogens is 291 g/mol. The number of pyridine rings is 1. The molecule has 0 radical (unpaired) electrons. The van der Waals surface area contributed by atoms with Gasteiger partial charge in [-0.1, -0.05) is 12.1 Å². The van der Waals surface area contributed by atoms with Gasteiger partial charge in [-0.25, -0.2) is 4.39 Å². The van der Waals surface area contributed by atoms with E-state index in [9.17, 15) is 9.18 Å². The lowest BCUT2D eigenvalue weighted by Crippen LogP contribution is -2.29. The number of carbonyl (C=O) groups is 1. The Morgan fingerprint density at radius 1 is 1.30 bits per heavy atom. The molecule has 1 atom stereocenters. The van der Waals surface area contributed by atoms with Crippen molar-refractivity contribution in [1.82, 2.24) is 9.88 Å². The minimum atomic E-state index is -0.153. The van der Waals surface area contributed by atoms with Gasteiger partial charge in [-0.05, 0) is 61.4 Å². The summed E-state index contributed by atoms with van der Waals surface area (Å²) in [6.07, 6.45) is 5.11. The van der Waals surface area contributed by atoms with Crippen molar-refractivity contribution < 1.29 is 9.18 Å². The Labute approximate surface area is 136 Å². The lowest BCUT2D eigenvalue weighted by molar-refractivity contribution is 0.0786. The molecule has 2 aromatic rings. The standard InChI is InChI=1S/C19H21FN2O/c1-13-5-7-21-11-17(13)19(23)22-8-6-16(12-22)9-15-4-3-14(2)18(20)10-15/h3-5,7,10-11,16H,6,8-9,12H2,1-2H3. The van der Waals surface area contributed by atoms with Crippen LogP contribution in [0.3, 0.4) is 0 Å². The van der Waals surface area contributed by atoms with E-state index in [0.717, 1.165) is 37.1 Å². The van der Waals surface area contributed by atoms with Crippen LogP contribution in [0.25, 0.3) is 0 Å². The molecule has 0 N–H and O–H groups in total. The van der Waals surface area contributed by atoms with Crippen LogP contribution in [-0.2, 0) is 6.42 Å². The van der Waals surface area contributed by atoms with Crippen LogP contribution in [0.15, 0.2) is 36.7 Å². The van der Waals surface area contributed by atoms with Crippen LogP contribution < -0.4 is 0 Å². The van der Waals surface area contributed by atoms with Crippen molar-refractivity contribution in [2.24, 2.45) is 5.92 Å². The number of aromatic nitrogens is 1. The number of rotatable bonds is 3. The van der Waals surface area contributed by atoms with Crippen LogP contribution in [0, 0.1) is 25.6 Å². The van der Waals surface area contributed by atoms with Crippen LogP contribution in [-0.4, -0.2) is 28.9 Å². The number of hydrogen-bond donors (Lipinski definition) is 0. The molecule has 2 heterocycles. The molecule has 0 spiro atoms. The van der Waals surface area contributed by atoms with Gasteiger partial charge in [-0.15, -0.1) is 0 Å². The monoisotopic (exact) mass is 312 g/mol. The second kappa shape index (κ2) is 6.49. The van der Waals surface area contributed by atoms with Crippen LogP contribution in [0.2, 0.25) is 0 Å². The summed E-state index contributed by atoms with van der Waals surface area (Å²) in [5.41, 5.74) is 3.30. The molecule has 0 saturated carbocycles. The maximum absolute atomic E-state index is 13.7. The summed E-state index contributed by atoms with van der Waals surface area (Å²) in [6, 6.07) is 7.27. The first-order valence-electron chi connectivity index (χ1n) is 7.99. The third-order valence-corrected chi connectivity index (χ3v) is 4.60. The molecule has 1 aromatic heterocycles. The summed E-state index contributed by atoms with van der Waals surface area (Å²) >= 11 is 0. The van der Waals surface area contributed by atoms with Gasteiger partial charge < -0.3 is 4.90 Å². The van der Waals surface area contributed by atoms with Crippen molar-refractivity contribution in [2.45, 2.75) is 26.7 Å². The van der Waals surface area contributed by atoms with Gasteiger partial charge in [-0.3, -0.25) is 9.78 Å². The number of carbonyl (C=O) groups excluding carboxylic acids is 1. The largest absolute Gasteiger partial charge is 0.338 e. The molecule has 1 aliphatic rings. The smallest absolute Gasteiger partial charge is 0.255 e. The average Bonchev–Trinajstić information content (AvgIpc) is 2.99. The average molecular weight is 312 g/mol. The summed E-state index contributed by atoms with van der Waals surface area (Å²) in [5.74, 6) is 0.283. The van der Waals surface area contributed by atoms with Crippen molar-refractivity contribution in [2.75, 3.05) is 13.1 Å². The van der Waals surface area contributed by atoms with Crippen LogP contribution >= 0.6 is 0 Å². The quantitative estimate of drug-likeness (QED) is 0.868. The van der Waals surface area contributed by atoms with Gasteiger partial charge in [0.2, 0.25) is 0 Å². The zero-order valence-corrected chi connectivity index (χ0v) is 13.6. The SMILES string of the molecule is Cc1ccc(CC2CCN(C(=O)c3cnccc3C)C2)cc1F. The molecular formula is C19H21FN2O. The summed E-state index contributed by atoms with van der Waals surface area (Å²) < 4.78 is 13.7. The lowest BCUT2D eigenvalue weighted by atomic mass is 9.98. The van der Waals surface area contributed by atoms with Crippen molar-refractivity contribution in [3.05, 3.63) is 64.7 Å². The van der Waals surface area contributed by atoms with E-state index >= 15 is 0 Å². The first-order valence-corrected chi connectivity index (χ1v) is 7.99. The van der Waals surface area contributed by atoms with Gasteiger partial charge in [-0.2, -0.15) is 0 Å². The minimum Gasteiger partial charge on any atom is -0.338 e. The van der Waals surface area contributed by atoms with E-state index in [-0.39, 0.29) is 11.7 Å². The van der Waals surface area contributed by atoms with Gasteiger partial charge in [0, 0.05) is 25.5 Å². The Morgan fingerprint density at radius 2 is 2.13 bits per heavy atom. The maximum atomic E-state index is 13.7. The molecule has 1 saturated heterocycles. The molecule has 0 bridgehead atoms. The summed E-state index contributed by atoms with van der Waals surface area (Å²) in [4.78, 5) is 18.5. The third kappa shape index (κ3) is 3.41. The topological polar surface area (TPSA) is 33.2 Å². The van der Waals surface area contributed by atoms with E-state index in [1.165, 1.54) is 0 Å². The highest BCUT2D eigenvalue weighted by Crippen LogP contribution is 2.24. The number of benzene rings is 1. The normalized spacial score (nSPS) is 17.5. The highest BCUT2D eigenvalue weighted by Gasteiger charge is 2.27. The molecule has 3 nitrogen and oxygen atoms in total. The number of halogens is 1. The van der Waals surface area contributed by atoms with E-state index in [4.69, 9.17) is 0 Å². The number of aryl methyl sites for hydroxylation is 2. The number of amides is 1.